The third-order valence-electron chi connectivity index (χ3n) is 4.53. The second-order valence-electron chi connectivity index (χ2n) is 6.73. The van der Waals surface area contributed by atoms with Crippen molar-refractivity contribution in [1.82, 2.24) is 5.32 Å². The Morgan fingerprint density at radius 3 is 2.08 bits per heavy atom. The molecule has 0 fully saturated rings. The molecular weight excluding hydrogens is 332 g/mol. The van der Waals surface area contributed by atoms with Gasteiger partial charge in [-0.05, 0) is 24.5 Å². The average molecular weight is 369 g/mol. The van der Waals surface area contributed by atoms with Crippen LogP contribution in [0.2, 0.25) is 0 Å². The molecule has 25 heavy (non-hydrogen) atoms. The van der Waals surface area contributed by atoms with Crippen molar-refractivity contribution in [1.29, 1.82) is 0 Å². The molecule has 1 amide bonds. The maximum Gasteiger partial charge on any atom is 0.220 e. The fourth-order valence-electron chi connectivity index (χ4n) is 2.94. The molecule has 0 aliphatic heterocycles. The van der Waals surface area contributed by atoms with Gasteiger partial charge in [0.25, 0.3) is 0 Å². The topological polar surface area (TPSA) is 55.1 Å². The number of nitrogen functional groups attached to an aromatic ring is 1. The van der Waals surface area contributed by atoms with Crippen molar-refractivity contribution in [3.05, 3.63) is 29.8 Å². The predicted molar refractivity (Wildman–Crippen MR) is 111 cm³/mol. The third-order valence-corrected chi connectivity index (χ3v) is 4.53. The molecule has 0 saturated carbocycles. The average Bonchev–Trinajstić information content (AvgIpc) is 2.59. The van der Waals surface area contributed by atoms with E-state index in [1.807, 2.05) is 24.3 Å². The number of hydrogen-bond donors (Lipinski definition) is 2. The van der Waals surface area contributed by atoms with E-state index in [2.05, 4.69) is 12.2 Å². The lowest BCUT2D eigenvalue weighted by molar-refractivity contribution is -0.121. The Bertz CT molecular complexity index is 451. The summed E-state index contributed by atoms with van der Waals surface area (Å²) >= 11 is 0. The van der Waals surface area contributed by atoms with Crippen LogP contribution in [0.3, 0.4) is 0 Å². The number of carbonyl (C=O) groups is 1. The van der Waals surface area contributed by atoms with E-state index in [9.17, 15) is 4.79 Å². The molecule has 144 valence electrons. The molecule has 0 spiro atoms. The summed E-state index contributed by atoms with van der Waals surface area (Å²) in [6.07, 6.45) is 14.5. The van der Waals surface area contributed by atoms with Gasteiger partial charge in [-0.3, -0.25) is 4.79 Å². The highest BCUT2D eigenvalue weighted by Crippen LogP contribution is 2.12. The first-order chi connectivity index (χ1) is 11.7. The molecule has 1 aromatic rings. The van der Waals surface area contributed by atoms with Gasteiger partial charge in [-0.15, -0.1) is 12.4 Å². The van der Waals surface area contributed by atoms with Crippen LogP contribution in [0.5, 0.6) is 0 Å². The highest BCUT2D eigenvalue weighted by Gasteiger charge is 2.03. The molecule has 0 radical (unpaired) electrons. The molecule has 0 atom stereocenters. The minimum absolute atomic E-state index is 0. The number of aryl methyl sites for hydroxylation is 1. The van der Waals surface area contributed by atoms with E-state index in [4.69, 9.17) is 5.73 Å². The largest absolute Gasteiger partial charge is 0.399 e. The lowest BCUT2D eigenvalue weighted by Gasteiger charge is -2.07. The number of carbonyl (C=O) groups excluding carboxylic acids is 1. The van der Waals surface area contributed by atoms with Crippen molar-refractivity contribution in [2.45, 2.75) is 84.0 Å². The molecule has 0 bridgehead atoms. The van der Waals surface area contributed by atoms with Crippen molar-refractivity contribution in [3.8, 4) is 0 Å². The zero-order chi connectivity index (χ0) is 17.5. The van der Waals surface area contributed by atoms with E-state index in [1.54, 1.807) is 0 Å². The first-order valence-electron chi connectivity index (χ1n) is 9.84. The summed E-state index contributed by atoms with van der Waals surface area (Å²) in [5.41, 5.74) is 7.73. The Balaban J connectivity index is 0.00000576. The minimum atomic E-state index is 0. The Morgan fingerprint density at radius 2 is 1.48 bits per heavy atom. The molecule has 4 heteroatoms. The van der Waals surface area contributed by atoms with Gasteiger partial charge in [0, 0.05) is 18.7 Å². The van der Waals surface area contributed by atoms with Crippen LogP contribution in [0.25, 0.3) is 0 Å². The number of benzene rings is 1. The number of anilines is 1. The fraction of sp³-hybridized carbons (Fsp3) is 0.667. The second-order valence-corrected chi connectivity index (χ2v) is 6.73. The Labute approximate surface area is 160 Å². The monoisotopic (exact) mass is 368 g/mol. The number of amides is 1. The first kappa shape index (κ1) is 23.8. The summed E-state index contributed by atoms with van der Waals surface area (Å²) in [5.74, 6) is 0.133. The summed E-state index contributed by atoms with van der Waals surface area (Å²) in [6, 6.07) is 7.76. The first-order valence-corrected chi connectivity index (χ1v) is 9.84. The normalized spacial score (nSPS) is 10.3. The molecule has 3 nitrogen and oxygen atoms in total. The molecule has 0 aromatic heterocycles. The number of rotatable bonds is 14. The second kappa shape index (κ2) is 16.3. The zero-order valence-corrected chi connectivity index (χ0v) is 16.7. The van der Waals surface area contributed by atoms with Gasteiger partial charge in [0.15, 0.2) is 0 Å². The van der Waals surface area contributed by atoms with Crippen LogP contribution in [0.15, 0.2) is 24.3 Å². The number of hydrogen-bond acceptors (Lipinski definition) is 2. The van der Waals surface area contributed by atoms with Crippen molar-refractivity contribution in [3.63, 3.8) is 0 Å². The van der Waals surface area contributed by atoms with Gasteiger partial charge in [-0.1, -0.05) is 82.9 Å². The lowest BCUT2D eigenvalue weighted by atomic mass is 10.1. The Hall–Kier alpha value is -1.22. The summed E-state index contributed by atoms with van der Waals surface area (Å²) < 4.78 is 0. The van der Waals surface area contributed by atoms with E-state index >= 15 is 0 Å². The van der Waals surface area contributed by atoms with Crippen molar-refractivity contribution in [2.24, 2.45) is 0 Å². The van der Waals surface area contributed by atoms with E-state index < -0.39 is 0 Å². The molecule has 0 heterocycles. The highest BCUT2D eigenvalue weighted by atomic mass is 35.5. The third kappa shape index (κ3) is 12.7. The molecule has 3 N–H and O–H groups in total. The number of unbranched alkanes of at least 4 members (excludes halogenated alkanes) is 9. The number of nitrogens with two attached hydrogens (primary N) is 1. The van der Waals surface area contributed by atoms with E-state index in [0.717, 1.165) is 30.6 Å². The minimum Gasteiger partial charge on any atom is -0.399 e. The molecule has 0 unspecified atom stereocenters. The van der Waals surface area contributed by atoms with Gasteiger partial charge in [-0.25, -0.2) is 0 Å². The van der Waals surface area contributed by atoms with Gasteiger partial charge >= 0.3 is 0 Å². The summed E-state index contributed by atoms with van der Waals surface area (Å²) in [7, 11) is 0. The molecule has 0 aliphatic carbocycles. The summed E-state index contributed by atoms with van der Waals surface area (Å²) in [6.45, 7) is 3.06. The molecule has 0 aliphatic rings. The molecular formula is C21H37ClN2O. The van der Waals surface area contributed by atoms with Crippen LogP contribution < -0.4 is 11.1 Å². The van der Waals surface area contributed by atoms with E-state index in [0.29, 0.717) is 6.42 Å². The predicted octanol–water partition coefficient (Wildman–Crippen LogP) is 5.66. The van der Waals surface area contributed by atoms with Crippen molar-refractivity contribution in [2.75, 3.05) is 12.3 Å². The maximum atomic E-state index is 11.8. The van der Waals surface area contributed by atoms with Crippen molar-refractivity contribution < 1.29 is 4.79 Å². The lowest BCUT2D eigenvalue weighted by Crippen LogP contribution is -2.24. The van der Waals surface area contributed by atoms with Crippen LogP contribution in [0.4, 0.5) is 5.69 Å². The number of nitrogens with one attached hydrogen (secondary N) is 1. The zero-order valence-electron chi connectivity index (χ0n) is 15.9. The smallest absolute Gasteiger partial charge is 0.220 e. The number of halogens is 1. The van der Waals surface area contributed by atoms with Crippen molar-refractivity contribution >= 4 is 24.0 Å². The Morgan fingerprint density at radius 1 is 0.920 bits per heavy atom. The summed E-state index contributed by atoms with van der Waals surface area (Å²) in [5, 5.41) is 3.02. The van der Waals surface area contributed by atoms with E-state index in [-0.39, 0.29) is 18.3 Å². The van der Waals surface area contributed by atoms with Gasteiger partial charge in [0.2, 0.25) is 5.91 Å². The molecule has 1 rings (SSSR count). The van der Waals surface area contributed by atoms with Crippen LogP contribution in [0, 0.1) is 0 Å². The SMILES string of the molecule is CCCCCCCCCCCCNC(=O)CCc1ccccc1N.Cl. The van der Waals surface area contributed by atoms with Crippen LogP contribution in [-0.2, 0) is 11.2 Å². The van der Waals surface area contributed by atoms with Crippen LogP contribution in [-0.4, -0.2) is 12.5 Å². The van der Waals surface area contributed by atoms with Gasteiger partial charge in [0.05, 0.1) is 0 Å². The standard InChI is InChI=1S/C21H36N2O.ClH/c1-2-3-4-5-6-7-8-9-10-13-18-23-21(24)17-16-19-14-11-12-15-20(19)22;/h11-12,14-15H,2-10,13,16-18,22H2,1H3,(H,23,24);1H. The van der Waals surface area contributed by atoms with Gasteiger partial charge < -0.3 is 11.1 Å². The quantitative estimate of drug-likeness (QED) is 0.329. The highest BCUT2D eigenvalue weighted by molar-refractivity contribution is 5.85. The molecule has 0 saturated heterocycles. The van der Waals surface area contributed by atoms with Gasteiger partial charge in [0.1, 0.15) is 0 Å². The maximum absolute atomic E-state index is 11.8. The summed E-state index contributed by atoms with van der Waals surface area (Å²) in [4.78, 5) is 11.8. The Kier molecular flexibility index (Phi) is 15.5. The fourth-order valence-corrected chi connectivity index (χ4v) is 2.94. The molecule has 1 aromatic carbocycles. The van der Waals surface area contributed by atoms with E-state index in [1.165, 1.54) is 57.8 Å². The number of para-hydroxylation sites is 1. The van der Waals surface area contributed by atoms with Gasteiger partial charge in [-0.2, -0.15) is 0 Å². The van der Waals surface area contributed by atoms with Crippen LogP contribution in [0.1, 0.15) is 83.1 Å². The van der Waals surface area contributed by atoms with Crippen LogP contribution >= 0.6 is 12.4 Å².